The molecule has 3 rings (SSSR count). The van der Waals surface area contributed by atoms with Gasteiger partial charge in [0.1, 0.15) is 5.75 Å². The predicted octanol–water partition coefficient (Wildman–Crippen LogP) is 5.70. The Balaban J connectivity index is 2.10. The summed E-state index contributed by atoms with van der Waals surface area (Å²) in [4.78, 5) is 14.2. The van der Waals surface area contributed by atoms with Crippen molar-refractivity contribution in [2.24, 2.45) is 5.92 Å². The van der Waals surface area contributed by atoms with Crippen molar-refractivity contribution >= 4 is 5.91 Å². The Morgan fingerprint density at radius 1 is 1.10 bits per heavy atom. The van der Waals surface area contributed by atoms with Crippen LogP contribution in [0.2, 0.25) is 0 Å². The highest BCUT2D eigenvalue weighted by Crippen LogP contribution is 2.38. The molecule has 6 heteroatoms. The monoisotopic (exact) mass is 405 g/mol. The first kappa shape index (κ1) is 21.2. The molecule has 0 unspecified atom stereocenters. The number of benzene rings is 2. The predicted molar refractivity (Wildman–Crippen MR) is 107 cm³/mol. The summed E-state index contributed by atoms with van der Waals surface area (Å²) in [5.41, 5.74) is 2.23. The number of alkyl halides is 3. The number of ether oxygens (including phenoxy) is 1. The zero-order valence-electron chi connectivity index (χ0n) is 17.0. The van der Waals surface area contributed by atoms with Crippen molar-refractivity contribution in [3.8, 4) is 16.9 Å². The first-order valence-electron chi connectivity index (χ1n) is 9.94. The number of halogens is 3. The highest BCUT2D eigenvalue weighted by molar-refractivity contribution is 5.81. The summed E-state index contributed by atoms with van der Waals surface area (Å²) in [6.45, 7) is 4.47. The van der Waals surface area contributed by atoms with Gasteiger partial charge in [-0.3, -0.25) is 4.79 Å². The molecule has 156 valence electrons. The third-order valence-corrected chi connectivity index (χ3v) is 5.38. The SMILES string of the molecule is CCc1ccc(OC)c(-c2ccc(C(F)(F)F)cc2CN(CC)C(=O)C2CC2)c1. The van der Waals surface area contributed by atoms with E-state index in [0.29, 0.717) is 23.4 Å². The number of carbonyl (C=O) groups excluding carboxylic acids is 1. The smallest absolute Gasteiger partial charge is 0.416 e. The molecule has 1 aliphatic rings. The molecule has 1 fully saturated rings. The molecule has 0 aromatic heterocycles. The standard InChI is InChI=1S/C23H26F3NO2/c1-4-15-6-11-21(29-3)20(12-15)19-10-9-18(23(24,25)26)13-17(19)14-27(5-2)22(28)16-7-8-16/h6,9-13,16H,4-5,7-8,14H2,1-3H3. The molecule has 1 saturated carbocycles. The molecule has 0 heterocycles. The normalized spacial score (nSPS) is 14.0. The molecule has 2 aromatic rings. The Morgan fingerprint density at radius 2 is 1.83 bits per heavy atom. The van der Waals surface area contributed by atoms with E-state index in [0.717, 1.165) is 42.5 Å². The molecule has 0 radical (unpaired) electrons. The number of amides is 1. The van der Waals surface area contributed by atoms with Crippen LogP contribution in [-0.4, -0.2) is 24.5 Å². The number of nitrogens with zero attached hydrogens (tertiary/aromatic N) is 1. The molecule has 2 aromatic carbocycles. The highest BCUT2D eigenvalue weighted by atomic mass is 19.4. The minimum atomic E-state index is -4.44. The third-order valence-electron chi connectivity index (χ3n) is 5.38. The van der Waals surface area contributed by atoms with E-state index in [4.69, 9.17) is 4.74 Å². The fraction of sp³-hybridized carbons (Fsp3) is 0.435. The lowest BCUT2D eigenvalue weighted by atomic mass is 9.94. The zero-order chi connectivity index (χ0) is 21.2. The van der Waals surface area contributed by atoms with Crippen LogP contribution in [0.5, 0.6) is 5.75 Å². The molecular formula is C23H26F3NO2. The van der Waals surface area contributed by atoms with Gasteiger partial charge in [0.2, 0.25) is 5.91 Å². The van der Waals surface area contributed by atoms with Crippen molar-refractivity contribution in [1.82, 2.24) is 4.90 Å². The first-order valence-corrected chi connectivity index (χ1v) is 9.94. The molecular weight excluding hydrogens is 379 g/mol. The Hall–Kier alpha value is -2.50. The van der Waals surface area contributed by atoms with Gasteiger partial charge in [0, 0.05) is 24.6 Å². The van der Waals surface area contributed by atoms with Crippen molar-refractivity contribution in [3.05, 3.63) is 53.1 Å². The first-order chi connectivity index (χ1) is 13.8. The second-order valence-electron chi connectivity index (χ2n) is 7.38. The number of rotatable bonds is 7. The fourth-order valence-corrected chi connectivity index (χ4v) is 3.49. The molecule has 0 atom stereocenters. The molecule has 1 amide bonds. The van der Waals surface area contributed by atoms with Gasteiger partial charge in [-0.05, 0) is 67.1 Å². The number of carbonyl (C=O) groups is 1. The summed E-state index contributed by atoms with van der Waals surface area (Å²) >= 11 is 0. The van der Waals surface area contributed by atoms with Crippen molar-refractivity contribution < 1.29 is 22.7 Å². The van der Waals surface area contributed by atoms with Gasteiger partial charge in [-0.2, -0.15) is 13.2 Å². The molecule has 0 N–H and O–H groups in total. The van der Waals surface area contributed by atoms with Crippen molar-refractivity contribution in [2.45, 2.75) is 45.8 Å². The minimum Gasteiger partial charge on any atom is -0.496 e. The average Bonchev–Trinajstić information content (AvgIpc) is 3.55. The minimum absolute atomic E-state index is 0.0159. The summed E-state index contributed by atoms with van der Waals surface area (Å²) in [6.07, 6.45) is -1.93. The van der Waals surface area contributed by atoms with E-state index in [-0.39, 0.29) is 18.4 Å². The van der Waals surface area contributed by atoms with Crippen LogP contribution in [0.4, 0.5) is 13.2 Å². The van der Waals surface area contributed by atoms with Gasteiger partial charge >= 0.3 is 6.18 Å². The summed E-state index contributed by atoms with van der Waals surface area (Å²) in [6, 6.07) is 9.48. The van der Waals surface area contributed by atoms with Crippen LogP contribution >= 0.6 is 0 Å². The van der Waals surface area contributed by atoms with Gasteiger partial charge in [-0.1, -0.05) is 19.1 Å². The van der Waals surface area contributed by atoms with E-state index in [1.54, 1.807) is 12.0 Å². The van der Waals surface area contributed by atoms with Crippen LogP contribution in [0.15, 0.2) is 36.4 Å². The van der Waals surface area contributed by atoms with Crippen molar-refractivity contribution in [3.63, 3.8) is 0 Å². The molecule has 1 aliphatic carbocycles. The summed E-state index contributed by atoms with van der Waals surface area (Å²) < 4.78 is 45.6. The molecule has 0 saturated heterocycles. The second kappa shape index (κ2) is 8.47. The number of aryl methyl sites for hydroxylation is 1. The Labute approximate surface area is 169 Å². The van der Waals surface area contributed by atoms with Gasteiger partial charge in [-0.15, -0.1) is 0 Å². The van der Waals surface area contributed by atoms with Crippen LogP contribution < -0.4 is 4.74 Å². The van der Waals surface area contributed by atoms with E-state index in [9.17, 15) is 18.0 Å². The summed E-state index contributed by atoms with van der Waals surface area (Å²) in [5, 5.41) is 0. The molecule has 0 aliphatic heterocycles. The van der Waals surface area contributed by atoms with Crippen LogP contribution in [-0.2, 0) is 23.9 Å². The number of hydrogen-bond acceptors (Lipinski definition) is 2. The quantitative estimate of drug-likeness (QED) is 0.591. The van der Waals surface area contributed by atoms with Crippen LogP contribution in [0.25, 0.3) is 11.1 Å². The molecule has 0 bridgehead atoms. The van der Waals surface area contributed by atoms with Gasteiger partial charge in [0.25, 0.3) is 0 Å². The summed E-state index contributed by atoms with van der Waals surface area (Å²) in [5.74, 6) is 0.632. The van der Waals surface area contributed by atoms with Crippen LogP contribution in [0.3, 0.4) is 0 Å². The lowest BCUT2D eigenvalue weighted by molar-refractivity contribution is -0.137. The van der Waals surface area contributed by atoms with Gasteiger partial charge < -0.3 is 9.64 Å². The summed E-state index contributed by atoms with van der Waals surface area (Å²) in [7, 11) is 1.54. The van der Waals surface area contributed by atoms with Crippen molar-refractivity contribution in [1.29, 1.82) is 0 Å². The maximum Gasteiger partial charge on any atom is 0.416 e. The van der Waals surface area contributed by atoms with Crippen LogP contribution in [0.1, 0.15) is 43.4 Å². The molecule has 3 nitrogen and oxygen atoms in total. The Bertz CT molecular complexity index is 888. The van der Waals surface area contributed by atoms with Crippen molar-refractivity contribution in [2.75, 3.05) is 13.7 Å². The maximum absolute atomic E-state index is 13.4. The topological polar surface area (TPSA) is 29.5 Å². The molecule has 0 spiro atoms. The van der Waals surface area contributed by atoms with E-state index in [1.165, 1.54) is 6.07 Å². The largest absolute Gasteiger partial charge is 0.496 e. The van der Waals surface area contributed by atoms with Gasteiger partial charge in [-0.25, -0.2) is 0 Å². The Morgan fingerprint density at radius 3 is 2.38 bits per heavy atom. The van der Waals surface area contributed by atoms with Gasteiger partial charge in [0.15, 0.2) is 0 Å². The third kappa shape index (κ3) is 4.74. The number of hydrogen-bond donors (Lipinski definition) is 0. The number of methoxy groups -OCH3 is 1. The van der Waals surface area contributed by atoms with E-state index >= 15 is 0 Å². The lowest BCUT2D eigenvalue weighted by Gasteiger charge is -2.24. The van der Waals surface area contributed by atoms with Gasteiger partial charge in [0.05, 0.1) is 12.7 Å². The lowest BCUT2D eigenvalue weighted by Crippen LogP contribution is -2.31. The fourth-order valence-electron chi connectivity index (χ4n) is 3.49. The van der Waals surface area contributed by atoms with E-state index in [2.05, 4.69) is 0 Å². The highest BCUT2D eigenvalue weighted by Gasteiger charge is 2.34. The maximum atomic E-state index is 13.4. The van der Waals surface area contributed by atoms with E-state index < -0.39 is 11.7 Å². The average molecular weight is 405 g/mol. The second-order valence-corrected chi connectivity index (χ2v) is 7.38. The molecule has 29 heavy (non-hydrogen) atoms. The van der Waals surface area contributed by atoms with E-state index in [1.807, 2.05) is 32.0 Å². The van der Waals surface area contributed by atoms with Crippen LogP contribution in [0, 0.1) is 5.92 Å². The Kier molecular flexibility index (Phi) is 6.20. The zero-order valence-corrected chi connectivity index (χ0v) is 17.0.